The number of hydrogen-bond acceptors (Lipinski definition) is 3. The van der Waals surface area contributed by atoms with Gasteiger partial charge in [0, 0.05) is 23.8 Å². The number of aryl methyl sites for hydroxylation is 1. The molecule has 0 aliphatic heterocycles. The number of benzene rings is 2. The number of nitrogens with one attached hydrogen (secondary N) is 1. The second-order valence-corrected chi connectivity index (χ2v) is 5.12. The number of rotatable bonds is 5. The lowest BCUT2D eigenvalue weighted by atomic mass is 10.1. The molecule has 1 heterocycles. The van der Waals surface area contributed by atoms with Crippen molar-refractivity contribution in [3.05, 3.63) is 66.4 Å². The Morgan fingerprint density at radius 3 is 2.67 bits per heavy atom. The van der Waals surface area contributed by atoms with Gasteiger partial charge < -0.3 is 11.1 Å². The normalized spacial score (nSPS) is 10.7. The molecule has 0 atom stereocenters. The Kier molecular flexibility index (Phi) is 4.01. The number of pyridine rings is 1. The van der Waals surface area contributed by atoms with Crippen LogP contribution in [0.1, 0.15) is 12.0 Å². The second-order valence-electron chi connectivity index (χ2n) is 5.12. The molecule has 0 bridgehead atoms. The smallest absolute Gasteiger partial charge is 0.0951 e. The van der Waals surface area contributed by atoms with Crippen molar-refractivity contribution in [3.8, 4) is 0 Å². The highest BCUT2D eigenvalue weighted by atomic mass is 14.9. The summed E-state index contributed by atoms with van der Waals surface area (Å²) in [5.74, 6) is 0. The summed E-state index contributed by atoms with van der Waals surface area (Å²) >= 11 is 0. The van der Waals surface area contributed by atoms with Crippen molar-refractivity contribution in [2.45, 2.75) is 12.8 Å². The van der Waals surface area contributed by atoms with Crippen LogP contribution in [0.15, 0.2) is 60.8 Å². The van der Waals surface area contributed by atoms with Crippen LogP contribution in [0.25, 0.3) is 10.9 Å². The summed E-state index contributed by atoms with van der Waals surface area (Å²) in [6.45, 7) is 0.933. The zero-order chi connectivity index (χ0) is 14.5. The predicted octanol–water partition coefficient (Wildman–Crippen LogP) is 3.86. The fraction of sp³-hybridized carbons (Fsp3) is 0.167. The highest BCUT2D eigenvalue weighted by molar-refractivity contribution is 5.98. The van der Waals surface area contributed by atoms with E-state index in [2.05, 4.69) is 46.7 Å². The zero-order valence-corrected chi connectivity index (χ0v) is 11.9. The van der Waals surface area contributed by atoms with E-state index in [1.54, 1.807) is 6.20 Å². The van der Waals surface area contributed by atoms with Gasteiger partial charge in [0.25, 0.3) is 0 Å². The van der Waals surface area contributed by atoms with Crippen LogP contribution in [0.4, 0.5) is 11.4 Å². The van der Waals surface area contributed by atoms with E-state index in [1.807, 2.05) is 18.2 Å². The molecular formula is C18H19N3. The van der Waals surface area contributed by atoms with E-state index in [0.717, 1.165) is 41.7 Å². The Morgan fingerprint density at radius 2 is 1.81 bits per heavy atom. The van der Waals surface area contributed by atoms with E-state index in [0.29, 0.717) is 0 Å². The monoisotopic (exact) mass is 277 g/mol. The van der Waals surface area contributed by atoms with Crippen molar-refractivity contribution >= 4 is 22.3 Å². The van der Waals surface area contributed by atoms with E-state index in [1.165, 1.54) is 5.56 Å². The van der Waals surface area contributed by atoms with Crippen LogP contribution in [0.2, 0.25) is 0 Å². The molecule has 0 radical (unpaired) electrons. The molecule has 0 amide bonds. The highest BCUT2D eigenvalue weighted by Crippen LogP contribution is 2.26. The first-order valence-corrected chi connectivity index (χ1v) is 7.25. The van der Waals surface area contributed by atoms with Gasteiger partial charge in [0.05, 0.1) is 11.2 Å². The third-order valence-electron chi connectivity index (χ3n) is 3.60. The largest absolute Gasteiger partial charge is 0.397 e. The zero-order valence-electron chi connectivity index (χ0n) is 11.9. The van der Waals surface area contributed by atoms with Gasteiger partial charge in [-0.25, -0.2) is 0 Å². The molecule has 0 unspecified atom stereocenters. The van der Waals surface area contributed by atoms with E-state index >= 15 is 0 Å². The molecule has 3 N–H and O–H groups in total. The number of anilines is 2. The molecule has 2 aromatic carbocycles. The number of nitrogens with two attached hydrogens (primary N) is 1. The summed E-state index contributed by atoms with van der Waals surface area (Å²) in [6.07, 6.45) is 3.95. The maximum absolute atomic E-state index is 5.97. The minimum atomic E-state index is 0.723. The van der Waals surface area contributed by atoms with Crippen molar-refractivity contribution in [1.29, 1.82) is 0 Å². The van der Waals surface area contributed by atoms with Crippen molar-refractivity contribution in [1.82, 2.24) is 4.98 Å². The minimum absolute atomic E-state index is 0.723. The molecule has 0 aliphatic carbocycles. The standard InChI is InChI=1S/C18H19N3/c19-16-10-11-17(15-9-5-13-21-18(15)16)20-12-4-8-14-6-2-1-3-7-14/h1-3,5-7,9-11,13,20H,4,8,12,19H2. The number of nitrogen functional groups attached to an aromatic ring is 1. The Labute approximate surface area is 124 Å². The minimum Gasteiger partial charge on any atom is -0.397 e. The maximum Gasteiger partial charge on any atom is 0.0951 e. The van der Waals surface area contributed by atoms with E-state index in [9.17, 15) is 0 Å². The van der Waals surface area contributed by atoms with Gasteiger partial charge in [-0.3, -0.25) is 4.98 Å². The topological polar surface area (TPSA) is 50.9 Å². The van der Waals surface area contributed by atoms with E-state index in [-0.39, 0.29) is 0 Å². The number of aromatic nitrogens is 1. The molecule has 3 rings (SSSR count). The van der Waals surface area contributed by atoms with Crippen LogP contribution >= 0.6 is 0 Å². The molecule has 3 nitrogen and oxygen atoms in total. The molecule has 0 aliphatic rings. The van der Waals surface area contributed by atoms with Crippen molar-refractivity contribution in [3.63, 3.8) is 0 Å². The molecule has 0 saturated heterocycles. The summed E-state index contributed by atoms with van der Waals surface area (Å²) in [5, 5.41) is 4.57. The number of hydrogen-bond donors (Lipinski definition) is 2. The predicted molar refractivity (Wildman–Crippen MR) is 89.4 cm³/mol. The fourth-order valence-corrected chi connectivity index (χ4v) is 2.51. The molecule has 3 aromatic rings. The Morgan fingerprint density at radius 1 is 0.952 bits per heavy atom. The second kappa shape index (κ2) is 6.27. The van der Waals surface area contributed by atoms with Gasteiger partial charge in [0.1, 0.15) is 0 Å². The lowest BCUT2D eigenvalue weighted by Gasteiger charge is -2.10. The molecule has 1 aromatic heterocycles. The first-order chi connectivity index (χ1) is 10.3. The molecule has 106 valence electrons. The third-order valence-corrected chi connectivity index (χ3v) is 3.60. The van der Waals surface area contributed by atoms with Gasteiger partial charge in [-0.1, -0.05) is 30.3 Å². The van der Waals surface area contributed by atoms with Gasteiger partial charge in [-0.05, 0) is 42.7 Å². The van der Waals surface area contributed by atoms with Gasteiger partial charge in [-0.2, -0.15) is 0 Å². The lowest BCUT2D eigenvalue weighted by molar-refractivity contribution is 0.864. The Bertz CT molecular complexity index is 723. The summed E-state index contributed by atoms with van der Waals surface area (Å²) in [7, 11) is 0. The molecule has 0 saturated carbocycles. The SMILES string of the molecule is Nc1ccc(NCCCc2ccccc2)c2cccnc12. The van der Waals surface area contributed by atoms with Gasteiger partial charge in [0.15, 0.2) is 0 Å². The van der Waals surface area contributed by atoms with Crippen molar-refractivity contribution in [2.24, 2.45) is 0 Å². The molecule has 3 heteroatoms. The third kappa shape index (κ3) is 3.14. The molecular weight excluding hydrogens is 258 g/mol. The highest BCUT2D eigenvalue weighted by Gasteiger charge is 2.04. The average Bonchev–Trinajstić information content (AvgIpc) is 2.55. The van der Waals surface area contributed by atoms with E-state index < -0.39 is 0 Å². The van der Waals surface area contributed by atoms with E-state index in [4.69, 9.17) is 5.73 Å². The first kappa shape index (κ1) is 13.4. The van der Waals surface area contributed by atoms with Crippen LogP contribution < -0.4 is 11.1 Å². The molecule has 21 heavy (non-hydrogen) atoms. The average molecular weight is 277 g/mol. The Balaban J connectivity index is 1.65. The number of fused-ring (bicyclic) bond motifs is 1. The van der Waals surface area contributed by atoms with Crippen LogP contribution in [0.3, 0.4) is 0 Å². The first-order valence-electron chi connectivity index (χ1n) is 7.25. The summed E-state index contributed by atoms with van der Waals surface area (Å²) in [4.78, 5) is 4.35. The van der Waals surface area contributed by atoms with Crippen LogP contribution in [0.5, 0.6) is 0 Å². The van der Waals surface area contributed by atoms with Crippen LogP contribution in [-0.4, -0.2) is 11.5 Å². The fourth-order valence-electron chi connectivity index (χ4n) is 2.51. The van der Waals surface area contributed by atoms with Gasteiger partial charge in [-0.15, -0.1) is 0 Å². The van der Waals surface area contributed by atoms with Crippen molar-refractivity contribution < 1.29 is 0 Å². The quantitative estimate of drug-likeness (QED) is 0.550. The van der Waals surface area contributed by atoms with Gasteiger partial charge >= 0.3 is 0 Å². The van der Waals surface area contributed by atoms with Crippen LogP contribution in [0, 0.1) is 0 Å². The molecule has 0 spiro atoms. The number of nitrogens with zero attached hydrogens (tertiary/aromatic N) is 1. The van der Waals surface area contributed by atoms with Crippen LogP contribution in [-0.2, 0) is 6.42 Å². The summed E-state index contributed by atoms with van der Waals surface area (Å²) in [6, 6.07) is 18.5. The summed E-state index contributed by atoms with van der Waals surface area (Å²) < 4.78 is 0. The van der Waals surface area contributed by atoms with Crippen molar-refractivity contribution in [2.75, 3.05) is 17.6 Å². The maximum atomic E-state index is 5.97. The molecule has 0 fully saturated rings. The lowest BCUT2D eigenvalue weighted by Crippen LogP contribution is -2.04. The van der Waals surface area contributed by atoms with Gasteiger partial charge in [0.2, 0.25) is 0 Å². The Hall–Kier alpha value is -2.55. The summed E-state index contributed by atoms with van der Waals surface area (Å²) in [5.41, 5.74) is 10.0.